The zero-order valence-corrected chi connectivity index (χ0v) is 21.2. The fraction of sp³-hybridized carbons (Fsp3) is 0.241. The number of carbonyl (C=O) groups is 1. The molecular formula is C29H25F5N4O. The molecule has 0 atom stereocenters. The van der Waals surface area contributed by atoms with E-state index in [-0.39, 0.29) is 24.1 Å². The lowest BCUT2D eigenvalue weighted by molar-refractivity contribution is -0.137. The summed E-state index contributed by atoms with van der Waals surface area (Å²) < 4.78 is 70.2. The van der Waals surface area contributed by atoms with Crippen LogP contribution in [-0.2, 0) is 19.1 Å². The van der Waals surface area contributed by atoms with Gasteiger partial charge in [-0.1, -0.05) is 18.2 Å². The van der Waals surface area contributed by atoms with Crippen LogP contribution in [0, 0.1) is 11.6 Å². The molecule has 1 aliphatic rings. The van der Waals surface area contributed by atoms with Gasteiger partial charge in [0.15, 0.2) is 0 Å². The molecule has 2 aromatic heterocycles. The summed E-state index contributed by atoms with van der Waals surface area (Å²) in [7, 11) is 0. The van der Waals surface area contributed by atoms with Crippen LogP contribution in [0.4, 0.5) is 27.8 Å². The van der Waals surface area contributed by atoms with Crippen LogP contribution in [-0.4, -0.2) is 28.0 Å². The van der Waals surface area contributed by atoms with Crippen LogP contribution in [0.2, 0.25) is 0 Å². The first-order valence-electron chi connectivity index (χ1n) is 12.4. The largest absolute Gasteiger partial charge is 0.416 e. The number of aromatic nitrogens is 2. The average molecular weight is 541 g/mol. The van der Waals surface area contributed by atoms with E-state index in [9.17, 15) is 22.4 Å². The van der Waals surface area contributed by atoms with E-state index in [1.54, 1.807) is 35.0 Å². The van der Waals surface area contributed by atoms with Gasteiger partial charge in [0, 0.05) is 47.6 Å². The minimum atomic E-state index is -4.68. The molecule has 1 aliphatic heterocycles. The lowest BCUT2D eigenvalue weighted by Crippen LogP contribution is -2.32. The Morgan fingerprint density at radius 1 is 1.00 bits per heavy atom. The molecular weight excluding hydrogens is 515 g/mol. The van der Waals surface area contributed by atoms with Gasteiger partial charge in [0.2, 0.25) is 0 Å². The number of hydrogen-bond acceptors (Lipinski definition) is 3. The van der Waals surface area contributed by atoms with E-state index >= 15 is 4.39 Å². The summed E-state index contributed by atoms with van der Waals surface area (Å²) in [6, 6.07) is 11.8. The predicted molar refractivity (Wildman–Crippen MR) is 138 cm³/mol. The number of amides is 1. The lowest BCUT2D eigenvalue weighted by atomic mass is 9.95. The Bertz CT molecular complexity index is 1540. The van der Waals surface area contributed by atoms with Gasteiger partial charge in [-0.05, 0) is 55.8 Å². The number of hydrogen-bond donors (Lipinski definition) is 2. The first-order chi connectivity index (χ1) is 18.5. The Hall–Kier alpha value is -4.21. The number of anilines is 1. The molecule has 202 valence electrons. The molecule has 0 spiro atoms. The van der Waals surface area contributed by atoms with E-state index in [4.69, 9.17) is 0 Å². The predicted octanol–water partition coefficient (Wildman–Crippen LogP) is 6.67. The first-order valence-corrected chi connectivity index (χ1v) is 12.4. The minimum absolute atomic E-state index is 0.0354. The quantitative estimate of drug-likeness (QED) is 0.269. The highest BCUT2D eigenvalue weighted by Crippen LogP contribution is 2.42. The molecule has 1 amide bonds. The third-order valence-corrected chi connectivity index (χ3v) is 6.56. The van der Waals surface area contributed by atoms with E-state index in [1.165, 1.54) is 12.1 Å². The van der Waals surface area contributed by atoms with Crippen molar-refractivity contribution in [1.82, 2.24) is 14.9 Å². The van der Waals surface area contributed by atoms with E-state index in [1.807, 2.05) is 13.8 Å². The van der Waals surface area contributed by atoms with Crippen molar-refractivity contribution in [3.63, 3.8) is 0 Å². The van der Waals surface area contributed by atoms with Gasteiger partial charge in [0.1, 0.15) is 17.5 Å². The van der Waals surface area contributed by atoms with E-state index in [0.717, 1.165) is 12.1 Å². The van der Waals surface area contributed by atoms with Gasteiger partial charge >= 0.3 is 6.18 Å². The molecule has 39 heavy (non-hydrogen) atoms. The summed E-state index contributed by atoms with van der Waals surface area (Å²) in [5.41, 5.74) is 2.24. The van der Waals surface area contributed by atoms with Crippen molar-refractivity contribution in [2.45, 2.75) is 39.0 Å². The van der Waals surface area contributed by atoms with Gasteiger partial charge in [-0.2, -0.15) is 13.2 Å². The van der Waals surface area contributed by atoms with Gasteiger partial charge in [-0.25, -0.2) is 13.8 Å². The molecule has 0 unspecified atom stereocenters. The SMILES string of the molecule is CC(C)Nc1cc(-c2c(-c3ccc(F)cc3)c3c(n2Cc2ccc(C(F)(F)F)cc2F)CCNC3=O)ccn1. The molecule has 0 saturated heterocycles. The van der Waals surface area contributed by atoms with Crippen molar-refractivity contribution in [3.8, 4) is 22.4 Å². The first kappa shape index (κ1) is 26.4. The highest BCUT2D eigenvalue weighted by Gasteiger charge is 2.33. The number of pyridine rings is 1. The second-order valence-corrected chi connectivity index (χ2v) is 9.68. The molecule has 0 aliphatic carbocycles. The Balaban J connectivity index is 1.77. The number of alkyl halides is 3. The number of nitrogens with one attached hydrogen (secondary N) is 2. The summed E-state index contributed by atoms with van der Waals surface area (Å²) >= 11 is 0. The molecule has 5 nitrogen and oxygen atoms in total. The molecule has 2 aromatic carbocycles. The van der Waals surface area contributed by atoms with Crippen LogP contribution in [0.15, 0.2) is 60.8 Å². The van der Waals surface area contributed by atoms with Crippen LogP contribution in [0.5, 0.6) is 0 Å². The van der Waals surface area contributed by atoms with Crippen molar-refractivity contribution in [2.75, 3.05) is 11.9 Å². The number of halogens is 5. The summed E-state index contributed by atoms with van der Waals surface area (Å²) in [4.78, 5) is 17.6. The fourth-order valence-electron chi connectivity index (χ4n) is 4.90. The highest BCUT2D eigenvalue weighted by atomic mass is 19.4. The van der Waals surface area contributed by atoms with Crippen molar-refractivity contribution in [2.24, 2.45) is 0 Å². The van der Waals surface area contributed by atoms with E-state index in [2.05, 4.69) is 15.6 Å². The summed E-state index contributed by atoms with van der Waals surface area (Å²) in [6.07, 6.45) is -2.66. The van der Waals surface area contributed by atoms with E-state index in [0.29, 0.717) is 58.5 Å². The van der Waals surface area contributed by atoms with E-state index < -0.39 is 23.4 Å². The summed E-state index contributed by atoms with van der Waals surface area (Å²) in [5.74, 6) is -1.21. The molecule has 0 saturated carbocycles. The van der Waals surface area contributed by atoms with Crippen molar-refractivity contribution >= 4 is 11.7 Å². The smallest absolute Gasteiger partial charge is 0.368 e. The summed E-state index contributed by atoms with van der Waals surface area (Å²) in [6.45, 7) is 4.13. The van der Waals surface area contributed by atoms with Crippen LogP contribution in [0.1, 0.15) is 41.0 Å². The van der Waals surface area contributed by atoms with Gasteiger partial charge in [0.25, 0.3) is 5.91 Å². The minimum Gasteiger partial charge on any atom is -0.368 e. The molecule has 3 heterocycles. The molecule has 2 N–H and O–H groups in total. The Labute approximate surface area is 221 Å². The van der Waals surface area contributed by atoms with Gasteiger partial charge in [0.05, 0.1) is 23.4 Å². The van der Waals surface area contributed by atoms with Gasteiger partial charge in [-0.15, -0.1) is 0 Å². The van der Waals surface area contributed by atoms with Crippen molar-refractivity contribution in [1.29, 1.82) is 0 Å². The molecule has 0 fully saturated rings. The van der Waals surface area contributed by atoms with Gasteiger partial charge < -0.3 is 15.2 Å². The normalized spacial score (nSPS) is 13.4. The zero-order chi connectivity index (χ0) is 27.9. The lowest BCUT2D eigenvalue weighted by Gasteiger charge is -2.19. The average Bonchev–Trinajstić information content (AvgIpc) is 3.20. The molecule has 0 bridgehead atoms. The molecule has 10 heteroatoms. The van der Waals surface area contributed by atoms with Crippen LogP contribution < -0.4 is 10.6 Å². The van der Waals surface area contributed by atoms with Gasteiger partial charge in [-0.3, -0.25) is 4.79 Å². The fourth-order valence-corrected chi connectivity index (χ4v) is 4.90. The zero-order valence-electron chi connectivity index (χ0n) is 21.2. The third kappa shape index (κ3) is 5.23. The Morgan fingerprint density at radius 3 is 2.41 bits per heavy atom. The van der Waals surface area contributed by atoms with Crippen molar-refractivity contribution in [3.05, 3.63) is 94.8 Å². The van der Waals surface area contributed by atoms with Crippen molar-refractivity contribution < 1.29 is 26.7 Å². The maximum absolute atomic E-state index is 15.0. The Morgan fingerprint density at radius 2 is 1.74 bits per heavy atom. The molecule has 5 rings (SSSR count). The molecule has 0 radical (unpaired) electrons. The second kappa shape index (κ2) is 10.2. The number of rotatable bonds is 6. The standard InChI is InChI=1S/C29H25F5N4O/c1-16(2)37-24-13-18(9-11-35-24)27-25(17-4-7-21(30)8-5-17)26-23(10-12-36-28(26)39)38(27)15-19-3-6-20(14-22(19)31)29(32,33)34/h3-9,11,13-14,16H,10,12,15H2,1-2H3,(H,35,37)(H,36,39). The van der Waals surface area contributed by atoms with Crippen LogP contribution in [0.3, 0.4) is 0 Å². The number of fused-ring (bicyclic) bond motifs is 1. The third-order valence-electron chi connectivity index (χ3n) is 6.56. The van der Waals surface area contributed by atoms with Crippen LogP contribution >= 0.6 is 0 Å². The number of nitrogens with zero attached hydrogens (tertiary/aromatic N) is 2. The number of carbonyl (C=O) groups excluding carboxylic acids is 1. The Kier molecular flexibility index (Phi) is 6.88. The highest BCUT2D eigenvalue weighted by molar-refractivity contribution is 6.07. The number of benzene rings is 2. The maximum atomic E-state index is 15.0. The summed E-state index contributed by atoms with van der Waals surface area (Å²) in [5, 5.41) is 6.07. The second-order valence-electron chi connectivity index (χ2n) is 9.68. The topological polar surface area (TPSA) is 59.0 Å². The van der Waals surface area contributed by atoms with Crippen LogP contribution in [0.25, 0.3) is 22.4 Å². The maximum Gasteiger partial charge on any atom is 0.416 e. The monoisotopic (exact) mass is 540 g/mol. The molecule has 4 aromatic rings.